The van der Waals surface area contributed by atoms with Crippen LogP contribution in [0.1, 0.15) is 0 Å². The maximum Gasteiger partial charge on any atom is 0.0786 e. The van der Waals surface area contributed by atoms with Crippen LogP contribution in [-0.4, -0.2) is 4.98 Å². The van der Waals surface area contributed by atoms with E-state index < -0.39 is 0 Å². The van der Waals surface area contributed by atoms with Crippen molar-refractivity contribution in [2.24, 2.45) is 0 Å². The van der Waals surface area contributed by atoms with E-state index in [1.807, 2.05) is 12.3 Å². The topological polar surface area (TPSA) is 12.9 Å². The molecule has 36 heavy (non-hydrogen) atoms. The largest absolute Gasteiger partial charge is 0.256 e. The normalized spacial score (nSPS) is 11.9. The molecule has 0 unspecified atom stereocenters. The second-order valence-corrected chi connectivity index (χ2v) is 9.52. The Labute approximate surface area is 209 Å². The fourth-order valence-corrected chi connectivity index (χ4v) is 6.12. The van der Waals surface area contributed by atoms with E-state index in [-0.39, 0.29) is 0 Å². The molecule has 0 spiro atoms. The number of rotatable bonds is 2. The summed E-state index contributed by atoms with van der Waals surface area (Å²) in [5, 5.41) is 6.41. The van der Waals surface area contributed by atoms with Crippen LogP contribution < -0.4 is 0 Å². The monoisotopic (exact) mass is 455 g/mol. The Kier molecular flexibility index (Phi) is 4.00. The molecular formula is C35H21N. The van der Waals surface area contributed by atoms with Gasteiger partial charge in [0.2, 0.25) is 0 Å². The zero-order chi connectivity index (χ0) is 23.6. The first-order valence-corrected chi connectivity index (χ1v) is 12.4. The summed E-state index contributed by atoms with van der Waals surface area (Å²) in [7, 11) is 0. The van der Waals surface area contributed by atoms with E-state index in [2.05, 4.69) is 115 Å². The maximum absolute atomic E-state index is 4.89. The zero-order valence-electron chi connectivity index (χ0n) is 19.6. The van der Waals surface area contributed by atoms with Crippen LogP contribution in [0.3, 0.4) is 0 Å². The smallest absolute Gasteiger partial charge is 0.0786 e. The Balaban J connectivity index is 1.42. The first-order chi connectivity index (χ1) is 17.9. The minimum Gasteiger partial charge on any atom is -0.256 e. The molecule has 1 heterocycles. The molecule has 0 N–H and O–H groups in total. The van der Waals surface area contributed by atoms with Crippen LogP contribution in [0.25, 0.3) is 77.0 Å². The molecule has 1 aliphatic carbocycles. The summed E-state index contributed by atoms with van der Waals surface area (Å²) in [6, 6.07) is 43.9. The molecule has 0 radical (unpaired) electrons. The molecule has 7 aromatic rings. The van der Waals surface area contributed by atoms with Gasteiger partial charge in [-0.15, -0.1) is 0 Å². The molecule has 0 fully saturated rings. The molecule has 0 saturated heterocycles. The summed E-state index contributed by atoms with van der Waals surface area (Å²) in [5.41, 5.74) is 11.2. The highest BCUT2D eigenvalue weighted by molar-refractivity contribution is 6.24. The average Bonchev–Trinajstić information content (AvgIpc) is 3.29. The van der Waals surface area contributed by atoms with Crippen molar-refractivity contribution >= 4 is 32.4 Å². The molecule has 166 valence electrons. The second kappa shape index (κ2) is 7.37. The van der Waals surface area contributed by atoms with Crippen molar-refractivity contribution in [1.29, 1.82) is 0 Å². The number of pyridine rings is 1. The van der Waals surface area contributed by atoms with Gasteiger partial charge in [-0.05, 0) is 66.6 Å². The fraction of sp³-hybridized carbons (Fsp3) is 0. The number of fused-ring (bicyclic) bond motifs is 6. The molecule has 0 atom stereocenters. The van der Waals surface area contributed by atoms with Crippen LogP contribution in [0.5, 0.6) is 0 Å². The lowest BCUT2D eigenvalue weighted by Crippen LogP contribution is -1.90. The third-order valence-electron chi connectivity index (χ3n) is 7.67. The minimum absolute atomic E-state index is 1.04. The Bertz CT molecular complexity index is 1980. The van der Waals surface area contributed by atoms with Gasteiger partial charge in [0, 0.05) is 17.1 Å². The van der Waals surface area contributed by atoms with Crippen LogP contribution in [0, 0.1) is 0 Å². The Morgan fingerprint density at radius 1 is 0.389 bits per heavy atom. The molecule has 8 rings (SSSR count). The summed E-state index contributed by atoms with van der Waals surface area (Å²) in [6.45, 7) is 0. The summed E-state index contributed by atoms with van der Waals surface area (Å²) in [5.74, 6) is 0. The van der Waals surface area contributed by atoms with Crippen molar-refractivity contribution in [1.82, 2.24) is 4.98 Å². The predicted octanol–water partition coefficient (Wildman–Crippen LogP) is 9.52. The van der Waals surface area contributed by atoms with Gasteiger partial charge in [0.25, 0.3) is 0 Å². The first kappa shape index (κ1) is 19.5. The van der Waals surface area contributed by atoms with E-state index >= 15 is 0 Å². The molecule has 1 heteroatoms. The molecule has 0 bridgehead atoms. The number of nitrogens with zero attached hydrogens (tertiary/aromatic N) is 1. The van der Waals surface area contributed by atoms with Gasteiger partial charge in [0.15, 0.2) is 0 Å². The van der Waals surface area contributed by atoms with Gasteiger partial charge in [0.05, 0.1) is 5.52 Å². The summed E-state index contributed by atoms with van der Waals surface area (Å²) in [4.78, 5) is 4.89. The molecule has 1 aromatic heterocycles. The van der Waals surface area contributed by atoms with E-state index in [4.69, 9.17) is 4.98 Å². The zero-order valence-corrected chi connectivity index (χ0v) is 19.6. The maximum atomic E-state index is 4.89. The highest BCUT2D eigenvalue weighted by Gasteiger charge is 2.25. The van der Waals surface area contributed by atoms with Gasteiger partial charge in [-0.2, -0.15) is 0 Å². The van der Waals surface area contributed by atoms with Crippen LogP contribution in [-0.2, 0) is 0 Å². The van der Waals surface area contributed by atoms with E-state index in [9.17, 15) is 0 Å². The van der Waals surface area contributed by atoms with Crippen molar-refractivity contribution in [2.45, 2.75) is 0 Å². The number of benzene rings is 6. The fourth-order valence-electron chi connectivity index (χ4n) is 6.12. The molecule has 0 aliphatic heterocycles. The SMILES string of the molecule is c1ccc(-c2ccc(-c3ccc4c5c(cccc35)-c3c-4ccc4ccccc34)c3ncccc23)cc1. The van der Waals surface area contributed by atoms with E-state index in [1.54, 1.807) is 0 Å². The molecule has 1 nitrogen and oxygen atoms in total. The van der Waals surface area contributed by atoms with Crippen LogP contribution in [0.15, 0.2) is 128 Å². The second-order valence-electron chi connectivity index (χ2n) is 9.52. The number of hydrogen-bond donors (Lipinski definition) is 0. The van der Waals surface area contributed by atoms with Crippen LogP contribution in [0.4, 0.5) is 0 Å². The molecule has 0 amide bonds. The lowest BCUT2D eigenvalue weighted by molar-refractivity contribution is 1.41. The third kappa shape index (κ3) is 2.63. The highest BCUT2D eigenvalue weighted by atomic mass is 14.7. The number of aromatic nitrogens is 1. The standard InChI is InChI=1S/C35H21N/c1-2-8-22(9-3-1)24-17-20-31(35-30(24)14-7-21-36-35)26-18-19-29-28-16-15-23-10-4-5-11-25(23)33(28)32-13-6-12-27(26)34(29)32/h1-21H. The summed E-state index contributed by atoms with van der Waals surface area (Å²) in [6.07, 6.45) is 1.91. The molecule has 1 aliphatic rings. The van der Waals surface area contributed by atoms with Crippen molar-refractivity contribution < 1.29 is 0 Å². The van der Waals surface area contributed by atoms with Gasteiger partial charge in [-0.3, -0.25) is 4.98 Å². The van der Waals surface area contributed by atoms with Crippen LogP contribution >= 0.6 is 0 Å². The Hall–Kier alpha value is -4.75. The van der Waals surface area contributed by atoms with E-state index in [0.29, 0.717) is 0 Å². The van der Waals surface area contributed by atoms with Crippen molar-refractivity contribution in [2.75, 3.05) is 0 Å². The molecule has 6 aromatic carbocycles. The van der Waals surface area contributed by atoms with Crippen LogP contribution in [0.2, 0.25) is 0 Å². The summed E-state index contributed by atoms with van der Waals surface area (Å²) >= 11 is 0. The van der Waals surface area contributed by atoms with E-state index in [0.717, 1.165) is 5.52 Å². The Morgan fingerprint density at radius 3 is 2.06 bits per heavy atom. The van der Waals surface area contributed by atoms with Gasteiger partial charge < -0.3 is 0 Å². The molecule has 0 saturated carbocycles. The first-order valence-electron chi connectivity index (χ1n) is 12.4. The number of hydrogen-bond acceptors (Lipinski definition) is 1. The van der Waals surface area contributed by atoms with Crippen molar-refractivity contribution in [3.63, 3.8) is 0 Å². The van der Waals surface area contributed by atoms with Gasteiger partial charge in [0.1, 0.15) is 0 Å². The Morgan fingerprint density at radius 2 is 1.11 bits per heavy atom. The van der Waals surface area contributed by atoms with Gasteiger partial charge in [-0.1, -0.05) is 115 Å². The average molecular weight is 456 g/mol. The quantitative estimate of drug-likeness (QED) is 0.253. The molecular weight excluding hydrogens is 434 g/mol. The lowest BCUT2D eigenvalue weighted by Gasteiger charge is -2.14. The highest BCUT2D eigenvalue weighted by Crippen LogP contribution is 2.52. The van der Waals surface area contributed by atoms with Crippen molar-refractivity contribution in [3.05, 3.63) is 128 Å². The minimum atomic E-state index is 1.04. The van der Waals surface area contributed by atoms with E-state index in [1.165, 1.54) is 71.4 Å². The van der Waals surface area contributed by atoms with Gasteiger partial charge in [-0.25, -0.2) is 0 Å². The predicted molar refractivity (Wildman–Crippen MR) is 152 cm³/mol. The lowest BCUT2D eigenvalue weighted by atomic mass is 9.91. The third-order valence-corrected chi connectivity index (χ3v) is 7.67. The van der Waals surface area contributed by atoms with Gasteiger partial charge >= 0.3 is 0 Å². The van der Waals surface area contributed by atoms with Crippen molar-refractivity contribution in [3.8, 4) is 44.5 Å². The summed E-state index contributed by atoms with van der Waals surface area (Å²) < 4.78 is 0.